The zero-order valence-corrected chi connectivity index (χ0v) is 10.1. The highest BCUT2D eigenvalue weighted by molar-refractivity contribution is 5.85. The fourth-order valence-electron chi connectivity index (χ4n) is 1.43. The minimum atomic E-state index is -4.29. The molecule has 0 amide bonds. The highest BCUT2D eigenvalue weighted by atomic mass is 35.5. The topological polar surface area (TPSA) is 12.0 Å². The van der Waals surface area contributed by atoms with Crippen LogP contribution in [0.15, 0.2) is 54.6 Å². The van der Waals surface area contributed by atoms with E-state index in [-0.39, 0.29) is 12.4 Å². The van der Waals surface area contributed by atoms with Crippen LogP contribution in [0.25, 0.3) is 0 Å². The predicted molar refractivity (Wildman–Crippen MR) is 68.4 cm³/mol. The molecule has 0 saturated carbocycles. The number of benzene rings is 2. The number of halogens is 4. The standard InChI is InChI=1S/C13H10F3N.ClH/c14-13(15,16)10-6-8-12(9-7-10)17-11-4-2-1-3-5-11;/h1-9,17H;1H. The van der Waals surface area contributed by atoms with Crippen molar-refractivity contribution in [1.82, 2.24) is 0 Å². The van der Waals surface area contributed by atoms with E-state index >= 15 is 0 Å². The van der Waals surface area contributed by atoms with Gasteiger partial charge < -0.3 is 5.32 Å². The first-order chi connectivity index (χ1) is 8.05. The van der Waals surface area contributed by atoms with Gasteiger partial charge in [-0.15, -0.1) is 12.4 Å². The molecule has 0 aromatic heterocycles. The van der Waals surface area contributed by atoms with Gasteiger partial charge in [0.2, 0.25) is 0 Å². The van der Waals surface area contributed by atoms with E-state index in [0.29, 0.717) is 5.69 Å². The van der Waals surface area contributed by atoms with E-state index < -0.39 is 11.7 Å². The van der Waals surface area contributed by atoms with Crippen molar-refractivity contribution in [2.45, 2.75) is 6.18 Å². The average Bonchev–Trinajstić information content (AvgIpc) is 2.30. The Labute approximate surface area is 109 Å². The Morgan fingerprint density at radius 1 is 0.722 bits per heavy atom. The number of nitrogens with one attached hydrogen (secondary N) is 1. The van der Waals surface area contributed by atoms with Crippen molar-refractivity contribution in [3.8, 4) is 0 Å². The molecule has 0 aliphatic rings. The van der Waals surface area contributed by atoms with E-state index in [4.69, 9.17) is 0 Å². The molecule has 0 aliphatic carbocycles. The lowest BCUT2D eigenvalue weighted by Gasteiger charge is -2.09. The van der Waals surface area contributed by atoms with Gasteiger partial charge in [0.05, 0.1) is 5.56 Å². The van der Waals surface area contributed by atoms with Crippen LogP contribution in [0.1, 0.15) is 5.56 Å². The van der Waals surface area contributed by atoms with E-state index in [1.807, 2.05) is 30.3 Å². The molecule has 2 rings (SSSR count). The number of rotatable bonds is 2. The summed E-state index contributed by atoms with van der Waals surface area (Å²) in [4.78, 5) is 0. The zero-order chi connectivity index (χ0) is 12.3. The molecule has 2 aromatic carbocycles. The number of para-hydroxylation sites is 1. The molecule has 0 radical (unpaired) electrons. The molecule has 0 aliphatic heterocycles. The Bertz CT molecular complexity index is 480. The van der Waals surface area contributed by atoms with Crippen molar-refractivity contribution in [3.63, 3.8) is 0 Å². The summed E-state index contributed by atoms with van der Waals surface area (Å²) in [6, 6.07) is 14.2. The van der Waals surface area contributed by atoms with Gasteiger partial charge in [-0.25, -0.2) is 0 Å². The smallest absolute Gasteiger partial charge is 0.356 e. The van der Waals surface area contributed by atoms with Crippen molar-refractivity contribution < 1.29 is 13.2 Å². The summed E-state index contributed by atoms with van der Waals surface area (Å²) in [7, 11) is 0. The molecular formula is C13H11ClF3N. The number of alkyl halides is 3. The molecule has 18 heavy (non-hydrogen) atoms. The molecule has 0 saturated heterocycles. The molecule has 0 atom stereocenters. The van der Waals surface area contributed by atoms with E-state index in [1.165, 1.54) is 12.1 Å². The molecule has 1 N–H and O–H groups in total. The summed E-state index contributed by atoms with van der Waals surface area (Å²) in [6.45, 7) is 0. The molecule has 5 heteroatoms. The summed E-state index contributed by atoms with van der Waals surface area (Å²) < 4.78 is 37.0. The van der Waals surface area contributed by atoms with Crippen LogP contribution in [-0.4, -0.2) is 0 Å². The molecule has 0 fully saturated rings. The van der Waals surface area contributed by atoms with Gasteiger partial charge >= 0.3 is 6.18 Å². The minimum absolute atomic E-state index is 0. The number of anilines is 2. The summed E-state index contributed by atoms with van der Waals surface area (Å²) in [5.41, 5.74) is 0.826. The summed E-state index contributed by atoms with van der Waals surface area (Å²) >= 11 is 0. The normalized spacial score (nSPS) is 10.6. The van der Waals surface area contributed by atoms with Gasteiger partial charge in [-0.2, -0.15) is 13.2 Å². The fraction of sp³-hybridized carbons (Fsp3) is 0.0769. The fourth-order valence-corrected chi connectivity index (χ4v) is 1.43. The first kappa shape index (κ1) is 14.4. The molecule has 0 heterocycles. The van der Waals surface area contributed by atoms with Crippen LogP contribution < -0.4 is 5.32 Å². The van der Waals surface area contributed by atoms with Crippen LogP contribution >= 0.6 is 12.4 Å². The molecule has 2 aromatic rings. The van der Waals surface area contributed by atoms with Gasteiger partial charge in [0.1, 0.15) is 0 Å². The predicted octanol–water partition coefficient (Wildman–Crippen LogP) is 4.87. The second kappa shape index (κ2) is 5.78. The maximum Gasteiger partial charge on any atom is 0.416 e. The Hall–Kier alpha value is -1.68. The first-order valence-corrected chi connectivity index (χ1v) is 5.05. The molecule has 0 bridgehead atoms. The highest BCUT2D eigenvalue weighted by Gasteiger charge is 2.29. The van der Waals surface area contributed by atoms with Crippen molar-refractivity contribution in [2.24, 2.45) is 0 Å². The number of hydrogen-bond acceptors (Lipinski definition) is 1. The zero-order valence-electron chi connectivity index (χ0n) is 9.24. The lowest BCUT2D eigenvalue weighted by Crippen LogP contribution is -2.04. The minimum Gasteiger partial charge on any atom is -0.356 e. The van der Waals surface area contributed by atoms with Crippen molar-refractivity contribution in [2.75, 3.05) is 5.32 Å². The van der Waals surface area contributed by atoms with Gasteiger partial charge in [-0.05, 0) is 36.4 Å². The van der Waals surface area contributed by atoms with Crippen LogP contribution in [0.3, 0.4) is 0 Å². The van der Waals surface area contributed by atoms with Crippen molar-refractivity contribution in [1.29, 1.82) is 0 Å². The average molecular weight is 274 g/mol. The largest absolute Gasteiger partial charge is 0.416 e. The Morgan fingerprint density at radius 3 is 1.72 bits per heavy atom. The monoisotopic (exact) mass is 273 g/mol. The number of hydrogen-bond donors (Lipinski definition) is 1. The Morgan fingerprint density at radius 2 is 1.22 bits per heavy atom. The van der Waals surface area contributed by atoms with Gasteiger partial charge in [0, 0.05) is 11.4 Å². The quantitative estimate of drug-likeness (QED) is 0.823. The highest BCUT2D eigenvalue weighted by Crippen LogP contribution is 2.30. The third-order valence-corrected chi connectivity index (χ3v) is 2.27. The molecule has 0 unspecified atom stereocenters. The van der Waals surface area contributed by atoms with Crippen LogP contribution in [0.4, 0.5) is 24.5 Å². The van der Waals surface area contributed by atoms with Gasteiger partial charge in [-0.1, -0.05) is 18.2 Å². The van der Waals surface area contributed by atoms with Crippen LogP contribution in [0.5, 0.6) is 0 Å². The van der Waals surface area contributed by atoms with Crippen LogP contribution in [0.2, 0.25) is 0 Å². The van der Waals surface area contributed by atoms with Gasteiger partial charge in [0.25, 0.3) is 0 Å². The summed E-state index contributed by atoms with van der Waals surface area (Å²) in [5, 5.41) is 3.02. The third-order valence-electron chi connectivity index (χ3n) is 2.27. The Balaban J connectivity index is 0.00000162. The van der Waals surface area contributed by atoms with Crippen molar-refractivity contribution in [3.05, 3.63) is 60.2 Å². The molecular weight excluding hydrogens is 263 g/mol. The van der Waals surface area contributed by atoms with E-state index in [9.17, 15) is 13.2 Å². The second-order valence-electron chi connectivity index (χ2n) is 3.57. The maximum absolute atomic E-state index is 12.3. The molecule has 0 spiro atoms. The molecule has 1 nitrogen and oxygen atoms in total. The lowest BCUT2D eigenvalue weighted by atomic mass is 10.2. The van der Waals surface area contributed by atoms with Gasteiger partial charge in [0.15, 0.2) is 0 Å². The van der Waals surface area contributed by atoms with Crippen molar-refractivity contribution >= 4 is 23.8 Å². The molecule has 96 valence electrons. The van der Waals surface area contributed by atoms with Crippen LogP contribution in [0, 0.1) is 0 Å². The third kappa shape index (κ3) is 3.67. The first-order valence-electron chi connectivity index (χ1n) is 5.05. The summed E-state index contributed by atoms with van der Waals surface area (Å²) in [6.07, 6.45) is -4.29. The SMILES string of the molecule is Cl.FC(F)(F)c1ccc(Nc2ccccc2)cc1. The second-order valence-corrected chi connectivity index (χ2v) is 3.57. The van der Waals surface area contributed by atoms with E-state index in [1.54, 1.807) is 0 Å². The van der Waals surface area contributed by atoms with E-state index in [2.05, 4.69) is 5.32 Å². The maximum atomic E-state index is 12.3. The van der Waals surface area contributed by atoms with Gasteiger partial charge in [-0.3, -0.25) is 0 Å². The lowest BCUT2D eigenvalue weighted by molar-refractivity contribution is -0.137. The van der Waals surface area contributed by atoms with E-state index in [0.717, 1.165) is 17.8 Å². The van der Waals surface area contributed by atoms with Crippen LogP contribution in [-0.2, 0) is 6.18 Å². The summed E-state index contributed by atoms with van der Waals surface area (Å²) in [5.74, 6) is 0. The Kier molecular flexibility index (Phi) is 4.62.